The minimum atomic E-state index is -4.10. The second-order valence-electron chi connectivity index (χ2n) is 8.63. The Labute approximate surface area is 217 Å². The number of aryl methyl sites for hydroxylation is 2. The second kappa shape index (κ2) is 11.6. The van der Waals surface area contributed by atoms with Crippen LogP contribution in [0.5, 0.6) is 0 Å². The summed E-state index contributed by atoms with van der Waals surface area (Å²) in [6.07, 6.45) is 0.755. The number of para-hydroxylation sites is 1. The normalized spacial score (nSPS) is 12.0. The topological polar surface area (TPSA) is 95.6 Å². The number of amides is 2. The summed E-state index contributed by atoms with van der Waals surface area (Å²) in [6, 6.07) is 17.8. The van der Waals surface area contributed by atoms with Crippen LogP contribution in [0.4, 0.5) is 11.4 Å². The van der Waals surface area contributed by atoms with E-state index in [0.29, 0.717) is 5.02 Å². The minimum absolute atomic E-state index is 0.0392. The molecule has 0 heterocycles. The van der Waals surface area contributed by atoms with E-state index in [9.17, 15) is 18.0 Å². The summed E-state index contributed by atoms with van der Waals surface area (Å²) in [7, 11) is -4.10. The van der Waals surface area contributed by atoms with Gasteiger partial charge < -0.3 is 10.6 Å². The van der Waals surface area contributed by atoms with Crippen LogP contribution < -0.4 is 14.9 Å². The number of carbonyl (C=O) groups is 2. The summed E-state index contributed by atoms with van der Waals surface area (Å²) in [5.74, 6) is -0.930. The van der Waals surface area contributed by atoms with Crippen LogP contribution in [0.15, 0.2) is 71.6 Å². The molecule has 0 radical (unpaired) electrons. The fourth-order valence-corrected chi connectivity index (χ4v) is 4.99. The van der Waals surface area contributed by atoms with E-state index in [1.807, 2.05) is 20.8 Å². The quantitative estimate of drug-likeness (QED) is 0.393. The monoisotopic (exact) mass is 527 g/mol. The number of hydrogen-bond acceptors (Lipinski definition) is 4. The van der Waals surface area contributed by atoms with E-state index >= 15 is 0 Å². The molecule has 0 aromatic heterocycles. The summed E-state index contributed by atoms with van der Waals surface area (Å²) < 4.78 is 28.2. The Morgan fingerprint density at radius 3 is 2.31 bits per heavy atom. The lowest BCUT2D eigenvalue weighted by Crippen LogP contribution is -2.38. The van der Waals surface area contributed by atoms with E-state index in [4.69, 9.17) is 11.6 Å². The van der Waals surface area contributed by atoms with Gasteiger partial charge in [0.15, 0.2) is 0 Å². The van der Waals surface area contributed by atoms with Crippen LogP contribution in [0, 0.1) is 13.8 Å². The van der Waals surface area contributed by atoms with Gasteiger partial charge in [0.25, 0.3) is 15.9 Å². The van der Waals surface area contributed by atoms with Gasteiger partial charge in [0.1, 0.15) is 6.54 Å². The first-order valence-electron chi connectivity index (χ1n) is 11.6. The smallest absolute Gasteiger partial charge is 0.264 e. The summed E-state index contributed by atoms with van der Waals surface area (Å²) in [4.78, 5) is 25.9. The predicted molar refractivity (Wildman–Crippen MR) is 144 cm³/mol. The zero-order chi connectivity index (χ0) is 26.5. The Hall–Kier alpha value is -3.36. The molecule has 0 saturated heterocycles. The summed E-state index contributed by atoms with van der Waals surface area (Å²) in [6.45, 7) is 6.99. The molecule has 7 nitrogen and oxygen atoms in total. The summed E-state index contributed by atoms with van der Waals surface area (Å²) in [5.41, 5.74) is 2.52. The standard InChI is InChI=1S/C27H30ClN3O4S/c1-5-20(4)29-27(33)23-8-6-7-9-25(23)30-26(32)17-31(21-13-12-19(3)24(28)16-21)36(34,35)22-14-10-18(2)11-15-22/h6-16,20H,5,17H2,1-4H3,(H,29,33)(H,30,32)/t20-/m1/s1. The lowest BCUT2D eigenvalue weighted by Gasteiger charge is -2.25. The molecular formula is C27H30ClN3O4S. The predicted octanol–water partition coefficient (Wildman–Crippen LogP) is 5.32. The molecular weight excluding hydrogens is 498 g/mol. The number of nitrogens with one attached hydrogen (secondary N) is 2. The van der Waals surface area contributed by atoms with Crippen molar-refractivity contribution in [1.29, 1.82) is 0 Å². The van der Waals surface area contributed by atoms with Gasteiger partial charge in [0, 0.05) is 11.1 Å². The van der Waals surface area contributed by atoms with Crippen molar-refractivity contribution >= 4 is 44.8 Å². The van der Waals surface area contributed by atoms with Gasteiger partial charge in [0.2, 0.25) is 5.91 Å². The van der Waals surface area contributed by atoms with Gasteiger partial charge in [-0.05, 0) is 69.2 Å². The van der Waals surface area contributed by atoms with Crippen LogP contribution >= 0.6 is 11.6 Å². The SMILES string of the molecule is CC[C@@H](C)NC(=O)c1ccccc1NC(=O)CN(c1ccc(C)c(Cl)c1)S(=O)(=O)c1ccc(C)cc1. The summed E-state index contributed by atoms with van der Waals surface area (Å²) in [5, 5.41) is 5.96. The first kappa shape index (κ1) is 27.2. The molecule has 2 N–H and O–H groups in total. The zero-order valence-electron chi connectivity index (χ0n) is 20.7. The fourth-order valence-electron chi connectivity index (χ4n) is 3.40. The Bertz CT molecular complexity index is 1360. The Morgan fingerprint density at radius 1 is 1.00 bits per heavy atom. The first-order valence-corrected chi connectivity index (χ1v) is 13.4. The lowest BCUT2D eigenvalue weighted by molar-refractivity contribution is -0.114. The maximum absolute atomic E-state index is 13.6. The van der Waals surface area contributed by atoms with Gasteiger partial charge in [0.05, 0.1) is 21.8 Å². The molecule has 3 rings (SSSR count). The van der Waals surface area contributed by atoms with Crippen LogP contribution in [-0.2, 0) is 14.8 Å². The number of halogens is 1. The van der Waals surface area contributed by atoms with Crippen molar-refractivity contribution in [3.63, 3.8) is 0 Å². The third kappa shape index (κ3) is 6.44. The Morgan fingerprint density at radius 2 is 1.67 bits per heavy atom. The number of hydrogen-bond donors (Lipinski definition) is 2. The lowest BCUT2D eigenvalue weighted by atomic mass is 10.1. The average Bonchev–Trinajstić information content (AvgIpc) is 2.84. The van der Waals surface area contributed by atoms with Crippen molar-refractivity contribution in [2.75, 3.05) is 16.2 Å². The maximum atomic E-state index is 13.6. The minimum Gasteiger partial charge on any atom is -0.350 e. The van der Waals surface area contributed by atoms with Crippen LogP contribution in [0.1, 0.15) is 41.8 Å². The third-order valence-electron chi connectivity index (χ3n) is 5.78. The molecule has 0 unspecified atom stereocenters. The maximum Gasteiger partial charge on any atom is 0.264 e. The number of nitrogens with zero attached hydrogens (tertiary/aromatic N) is 1. The van der Waals surface area contributed by atoms with Gasteiger partial charge in [-0.1, -0.05) is 54.4 Å². The molecule has 3 aromatic carbocycles. The number of sulfonamides is 1. The Balaban J connectivity index is 1.94. The molecule has 190 valence electrons. The van der Waals surface area contributed by atoms with Crippen molar-refractivity contribution in [1.82, 2.24) is 5.32 Å². The van der Waals surface area contributed by atoms with E-state index < -0.39 is 22.5 Å². The molecule has 2 amide bonds. The molecule has 3 aromatic rings. The highest BCUT2D eigenvalue weighted by Crippen LogP contribution is 2.28. The molecule has 36 heavy (non-hydrogen) atoms. The fraction of sp³-hybridized carbons (Fsp3) is 0.259. The first-order chi connectivity index (χ1) is 17.0. The number of carbonyl (C=O) groups excluding carboxylic acids is 2. The zero-order valence-corrected chi connectivity index (χ0v) is 22.3. The second-order valence-corrected chi connectivity index (χ2v) is 10.9. The van der Waals surface area contributed by atoms with E-state index in [2.05, 4.69) is 10.6 Å². The molecule has 1 atom stereocenters. The molecule has 0 bridgehead atoms. The molecule has 9 heteroatoms. The van der Waals surface area contributed by atoms with Crippen molar-refractivity contribution in [3.05, 3.63) is 88.4 Å². The van der Waals surface area contributed by atoms with Crippen LogP contribution in [-0.4, -0.2) is 32.8 Å². The number of anilines is 2. The largest absolute Gasteiger partial charge is 0.350 e. The molecule has 0 aliphatic rings. The average molecular weight is 528 g/mol. The van der Waals surface area contributed by atoms with Crippen molar-refractivity contribution in [2.24, 2.45) is 0 Å². The third-order valence-corrected chi connectivity index (χ3v) is 7.97. The van der Waals surface area contributed by atoms with E-state index in [1.54, 1.807) is 55.5 Å². The molecule has 0 aliphatic carbocycles. The molecule has 0 saturated carbocycles. The number of benzene rings is 3. The van der Waals surface area contributed by atoms with E-state index in [0.717, 1.165) is 21.9 Å². The van der Waals surface area contributed by atoms with Crippen LogP contribution in [0.25, 0.3) is 0 Å². The summed E-state index contributed by atoms with van der Waals surface area (Å²) >= 11 is 6.28. The van der Waals surface area contributed by atoms with Gasteiger partial charge in [-0.15, -0.1) is 0 Å². The van der Waals surface area contributed by atoms with Gasteiger partial charge >= 0.3 is 0 Å². The highest BCUT2D eigenvalue weighted by molar-refractivity contribution is 7.92. The highest BCUT2D eigenvalue weighted by atomic mass is 35.5. The van der Waals surface area contributed by atoms with Crippen molar-refractivity contribution < 1.29 is 18.0 Å². The highest BCUT2D eigenvalue weighted by Gasteiger charge is 2.28. The van der Waals surface area contributed by atoms with E-state index in [-0.39, 0.29) is 33.8 Å². The Kier molecular flexibility index (Phi) is 8.76. The van der Waals surface area contributed by atoms with Crippen molar-refractivity contribution in [3.8, 4) is 0 Å². The van der Waals surface area contributed by atoms with Gasteiger partial charge in [-0.25, -0.2) is 8.42 Å². The molecule has 0 fully saturated rings. The van der Waals surface area contributed by atoms with E-state index in [1.165, 1.54) is 18.2 Å². The van der Waals surface area contributed by atoms with Gasteiger partial charge in [-0.2, -0.15) is 0 Å². The van der Waals surface area contributed by atoms with Crippen molar-refractivity contribution in [2.45, 2.75) is 45.1 Å². The molecule has 0 spiro atoms. The van der Waals surface area contributed by atoms with Gasteiger partial charge in [-0.3, -0.25) is 13.9 Å². The van der Waals surface area contributed by atoms with Crippen LogP contribution in [0.3, 0.4) is 0 Å². The van der Waals surface area contributed by atoms with Crippen LogP contribution in [0.2, 0.25) is 5.02 Å². The number of rotatable bonds is 9. The molecule has 0 aliphatic heterocycles.